The quantitative estimate of drug-likeness (QED) is 0.853. The maximum absolute atomic E-state index is 12.1. The van der Waals surface area contributed by atoms with Gasteiger partial charge in [-0.15, -0.1) is 0 Å². The van der Waals surface area contributed by atoms with Gasteiger partial charge in [0, 0.05) is 50.7 Å². The minimum atomic E-state index is 0.289. The van der Waals surface area contributed by atoms with Gasteiger partial charge in [-0.05, 0) is 30.9 Å². The van der Waals surface area contributed by atoms with Gasteiger partial charge in [0.2, 0.25) is 0 Å². The summed E-state index contributed by atoms with van der Waals surface area (Å²) in [6, 6.07) is 10.6. The van der Waals surface area contributed by atoms with Gasteiger partial charge in [-0.2, -0.15) is 0 Å². The van der Waals surface area contributed by atoms with Crippen molar-refractivity contribution in [3.63, 3.8) is 0 Å². The zero-order chi connectivity index (χ0) is 14.7. The molecule has 1 saturated heterocycles. The van der Waals surface area contributed by atoms with Crippen molar-refractivity contribution in [1.29, 1.82) is 0 Å². The van der Waals surface area contributed by atoms with Crippen molar-refractivity contribution < 1.29 is 4.79 Å². The normalized spacial score (nSPS) is 27.9. The summed E-state index contributed by atoms with van der Waals surface area (Å²) in [6.07, 6.45) is 2.99. The lowest BCUT2D eigenvalue weighted by molar-refractivity contribution is -0.126. The zero-order valence-corrected chi connectivity index (χ0v) is 13.0. The predicted octanol–water partition coefficient (Wildman–Crippen LogP) is 2.81. The van der Waals surface area contributed by atoms with E-state index in [1.54, 1.807) is 0 Å². The molecule has 1 aromatic carbocycles. The van der Waals surface area contributed by atoms with E-state index in [0.717, 1.165) is 57.9 Å². The SMILES string of the molecule is CC1CCC(=O)C(CN2CCN(c3ccccc3)CC2)C1. The molecule has 1 aliphatic heterocycles. The maximum atomic E-state index is 12.1. The summed E-state index contributed by atoms with van der Waals surface area (Å²) in [7, 11) is 0. The van der Waals surface area contributed by atoms with Gasteiger partial charge in [-0.1, -0.05) is 25.1 Å². The number of para-hydroxylation sites is 1. The number of carbonyl (C=O) groups excluding carboxylic acids is 1. The Bertz CT molecular complexity index is 465. The standard InChI is InChI=1S/C18H26N2O/c1-15-7-8-18(21)16(13-15)14-19-9-11-20(12-10-19)17-5-3-2-4-6-17/h2-6,15-16H,7-14H2,1H3. The number of rotatable bonds is 3. The Morgan fingerprint density at radius 1 is 1.10 bits per heavy atom. The van der Waals surface area contributed by atoms with Gasteiger partial charge in [0.25, 0.3) is 0 Å². The van der Waals surface area contributed by atoms with E-state index >= 15 is 0 Å². The molecule has 0 N–H and O–H groups in total. The fraction of sp³-hybridized carbons (Fsp3) is 0.611. The topological polar surface area (TPSA) is 23.6 Å². The second kappa shape index (κ2) is 6.61. The molecule has 0 amide bonds. The molecule has 1 aliphatic carbocycles. The number of Topliss-reactive ketones (excluding diaryl/α,β-unsaturated/α-hetero) is 1. The van der Waals surface area contributed by atoms with Crippen LogP contribution < -0.4 is 4.90 Å². The maximum Gasteiger partial charge on any atom is 0.137 e. The molecule has 0 spiro atoms. The Kier molecular flexibility index (Phi) is 4.59. The molecule has 21 heavy (non-hydrogen) atoms. The molecule has 114 valence electrons. The highest BCUT2D eigenvalue weighted by atomic mass is 16.1. The summed E-state index contributed by atoms with van der Waals surface area (Å²) in [5, 5.41) is 0. The molecule has 0 radical (unpaired) electrons. The molecule has 3 rings (SSSR count). The van der Waals surface area contributed by atoms with Crippen LogP contribution in [0.4, 0.5) is 5.69 Å². The van der Waals surface area contributed by atoms with Crippen LogP contribution in [-0.4, -0.2) is 43.4 Å². The van der Waals surface area contributed by atoms with E-state index in [4.69, 9.17) is 0 Å². The number of nitrogens with zero attached hydrogens (tertiary/aromatic N) is 2. The monoisotopic (exact) mass is 286 g/mol. The van der Waals surface area contributed by atoms with Crippen LogP contribution in [0.25, 0.3) is 0 Å². The van der Waals surface area contributed by atoms with Crippen molar-refractivity contribution in [3.05, 3.63) is 30.3 Å². The largest absolute Gasteiger partial charge is 0.369 e. The summed E-state index contributed by atoms with van der Waals surface area (Å²) in [5.41, 5.74) is 1.32. The predicted molar refractivity (Wildman–Crippen MR) is 86.6 cm³/mol. The zero-order valence-electron chi connectivity index (χ0n) is 13.0. The summed E-state index contributed by atoms with van der Waals surface area (Å²) in [4.78, 5) is 17.0. The Labute approximate surface area is 127 Å². The van der Waals surface area contributed by atoms with E-state index in [1.165, 1.54) is 5.69 Å². The first kappa shape index (κ1) is 14.6. The van der Waals surface area contributed by atoms with Crippen LogP contribution in [-0.2, 0) is 4.79 Å². The molecule has 0 aromatic heterocycles. The second-order valence-corrected chi connectivity index (χ2v) is 6.67. The lowest BCUT2D eigenvalue weighted by Crippen LogP contribution is -2.49. The van der Waals surface area contributed by atoms with E-state index in [9.17, 15) is 4.79 Å². The second-order valence-electron chi connectivity index (χ2n) is 6.67. The molecule has 1 saturated carbocycles. The Hall–Kier alpha value is -1.35. The minimum Gasteiger partial charge on any atom is -0.369 e. The van der Waals surface area contributed by atoms with Crippen molar-refractivity contribution >= 4 is 11.5 Å². The fourth-order valence-corrected chi connectivity index (χ4v) is 3.64. The van der Waals surface area contributed by atoms with Crippen LogP contribution in [0.15, 0.2) is 30.3 Å². The van der Waals surface area contributed by atoms with Gasteiger partial charge in [0.05, 0.1) is 0 Å². The Morgan fingerprint density at radius 3 is 2.52 bits per heavy atom. The molecule has 3 nitrogen and oxygen atoms in total. The van der Waals surface area contributed by atoms with Crippen LogP contribution in [0, 0.1) is 11.8 Å². The van der Waals surface area contributed by atoms with Gasteiger partial charge < -0.3 is 4.90 Å². The lowest BCUT2D eigenvalue weighted by Gasteiger charge is -2.38. The van der Waals surface area contributed by atoms with Crippen molar-refractivity contribution in [1.82, 2.24) is 4.90 Å². The van der Waals surface area contributed by atoms with Crippen molar-refractivity contribution in [2.75, 3.05) is 37.6 Å². The first-order valence-corrected chi connectivity index (χ1v) is 8.27. The number of anilines is 1. The van der Waals surface area contributed by atoms with Gasteiger partial charge in [-0.3, -0.25) is 9.69 Å². The average molecular weight is 286 g/mol. The highest BCUT2D eigenvalue weighted by molar-refractivity contribution is 5.81. The molecule has 2 atom stereocenters. The minimum absolute atomic E-state index is 0.289. The van der Waals surface area contributed by atoms with Crippen molar-refractivity contribution in [3.8, 4) is 0 Å². The third kappa shape index (κ3) is 3.65. The summed E-state index contributed by atoms with van der Waals surface area (Å²) >= 11 is 0. The van der Waals surface area contributed by atoms with Gasteiger partial charge >= 0.3 is 0 Å². The molecule has 3 heteroatoms. The van der Waals surface area contributed by atoms with Crippen LogP contribution in [0.3, 0.4) is 0 Å². The first-order valence-electron chi connectivity index (χ1n) is 8.27. The molecule has 1 heterocycles. The number of benzene rings is 1. The van der Waals surface area contributed by atoms with Crippen molar-refractivity contribution in [2.24, 2.45) is 11.8 Å². The molecule has 2 aliphatic rings. The van der Waals surface area contributed by atoms with E-state index in [0.29, 0.717) is 5.78 Å². The van der Waals surface area contributed by atoms with Gasteiger partial charge in [0.1, 0.15) is 5.78 Å². The van der Waals surface area contributed by atoms with E-state index in [-0.39, 0.29) is 5.92 Å². The summed E-state index contributed by atoms with van der Waals surface area (Å²) < 4.78 is 0. The van der Waals surface area contributed by atoms with Crippen LogP contribution in [0.5, 0.6) is 0 Å². The fourth-order valence-electron chi connectivity index (χ4n) is 3.64. The third-order valence-corrected chi connectivity index (χ3v) is 5.00. The van der Waals surface area contributed by atoms with E-state index in [2.05, 4.69) is 47.1 Å². The molecular formula is C18H26N2O. The number of hydrogen-bond acceptors (Lipinski definition) is 3. The van der Waals surface area contributed by atoms with Crippen LogP contribution in [0.2, 0.25) is 0 Å². The molecule has 2 unspecified atom stereocenters. The summed E-state index contributed by atoms with van der Waals surface area (Å²) in [6.45, 7) is 7.56. The van der Waals surface area contributed by atoms with Crippen LogP contribution >= 0.6 is 0 Å². The highest BCUT2D eigenvalue weighted by Crippen LogP contribution is 2.27. The van der Waals surface area contributed by atoms with E-state index < -0.39 is 0 Å². The third-order valence-electron chi connectivity index (χ3n) is 5.00. The Balaban J connectivity index is 1.51. The smallest absolute Gasteiger partial charge is 0.137 e. The molecule has 0 bridgehead atoms. The number of carbonyl (C=O) groups is 1. The number of ketones is 1. The van der Waals surface area contributed by atoms with Crippen molar-refractivity contribution in [2.45, 2.75) is 26.2 Å². The van der Waals surface area contributed by atoms with Gasteiger partial charge in [0.15, 0.2) is 0 Å². The van der Waals surface area contributed by atoms with Crippen LogP contribution in [0.1, 0.15) is 26.2 Å². The highest BCUT2D eigenvalue weighted by Gasteiger charge is 2.29. The molecule has 1 aromatic rings. The average Bonchev–Trinajstić information content (AvgIpc) is 2.53. The summed E-state index contributed by atoms with van der Waals surface area (Å²) in [5.74, 6) is 1.51. The first-order chi connectivity index (χ1) is 10.2. The molecular weight excluding hydrogens is 260 g/mol. The lowest BCUT2D eigenvalue weighted by atomic mass is 9.81. The number of piperazine rings is 1. The Morgan fingerprint density at radius 2 is 1.81 bits per heavy atom. The van der Waals surface area contributed by atoms with Gasteiger partial charge in [-0.25, -0.2) is 0 Å². The number of hydrogen-bond donors (Lipinski definition) is 0. The van der Waals surface area contributed by atoms with E-state index in [1.807, 2.05) is 0 Å². The molecule has 2 fully saturated rings.